The van der Waals surface area contributed by atoms with Gasteiger partial charge in [0.2, 0.25) is 0 Å². The van der Waals surface area contributed by atoms with Crippen LogP contribution in [0.2, 0.25) is 0 Å². The van der Waals surface area contributed by atoms with Gasteiger partial charge in [0.25, 0.3) is 5.91 Å². The summed E-state index contributed by atoms with van der Waals surface area (Å²) in [7, 11) is 0. The lowest BCUT2D eigenvalue weighted by atomic mass is 10.3. The van der Waals surface area contributed by atoms with E-state index in [9.17, 15) is 13.6 Å². The number of halogens is 2. The number of nitriles is 1. The minimum atomic E-state index is -3.04. The first-order valence-corrected chi connectivity index (χ1v) is 2.71. The fourth-order valence-electron chi connectivity index (χ4n) is 0.310. The van der Waals surface area contributed by atoms with Crippen molar-refractivity contribution in [1.29, 1.82) is 5.26 Å². The number of carbonyl (C=O) groups excluding carboxylic acids is 1. The molecule has 0 fully saturated rings. The third-order valence-electron chi connectivity index (χ3n) is 0.832. The Morgan fingerprint density at radius 3 is 2.64 bits per heavy atom. The number of alkyl halides is 2. The minimum absolute atomic E-state index is 0.0407. The minimum Gasteiger partial charge on any atom is -0.346 e. The van der Waals surface area contributed by atoms with Crippen LogP contribution < -0.4 is 5.32 Å². The lowest BCUT2D eigenvalue weighted by Crippen LogP contribution is -2.30. The predicted molar refractivity (Wildman–Crippen MR) is 33.8 cm³/mol. The van der Waals surface area contributed by atoms with Crippen LogP contribution >= 0.6 is 0 Å². The Morgan fingerprint density at radius 2 is 2.27 bits per heavy atom. The standard InChI is InChI=1S/C6H6F2N2O/c1-4(2-9)3-10-6(11)5(7)8/h5H,1,3H2,(H,10,11). The summed E-state index contributed by atoms with van der Waals surface area (Å²) in [6, 6.07) is 1.61. The molecule has 5 heteroatoms. The maximum atomic E-state index is 11.5. The number of rotatable bonds is 3. The smallest absolute Gasteiger partial charge is 0.315 e. The van der Waals surface area contributed by atoms with E-state index in [0.29, 0.717) is 0 Å². The van der Waals surface area contributed by atoms with Crippen LogP contribution in [0, 0.1) is 11.3 Å². The van der Waals surface area contributed by atoms with Crippen molar-refractivity contribution in [2.75, 3.05) is 6.54 Å². The number of amides is 1. The molecule has 0 aliphatic carbocycles. The molecule has 0 aliphatic rings. The first-order chi connectivity index (χ1) is 5.07. The van der Waals surface area contributed by atoms with Crippen molar-refractivity contribution in [2.45, 2.75) is 6.43 Å². The van der Waals surface area contributed by atoms with Crippen molar-refractivity contribution < 1.29 is 13.6 Å². The van der Waals surface area contributed by atoms with E-state index in [1.54, 1.807) is 6.07 Å². The molecule has 0 saturated carbocycles. The lowest BCUT2D eigenvalue weighted by Gasteiger charge is -2.00. The molecule has 0 aromatic heterocycles. The highest BCUT2D eigenvalue weighted by molar-refractivity contribution is 5.79. The Morgan fingerprint density at radius 1 is 1.73 bits per heavy atom. The monoisotopic (exact) mass is 160 g/mol. The summed E-state index contributed by atoms with van der Waals surface area (Å²) in [5.41, 5.74) is 0.0407. The number of carbonyl (C=O) groups is 1. The molecular weight excluding hydrogens is 154 g/mol. The Kier molecular flexibility index (Phi) is 3.81. The van der Waals surface area contributed by atoms with Gasteiger partial charge in [-0.1, -0.05) is 6.58 Å². The second-order valence-corrected chi connectivity index (χ2v) is 1.73. The SMILES string of the molecule is C=C(C#N)CNC(=O)C(F)F. The molecule has 0 unspecified atom stereocenters. The zero-order chi connectivity index (χ0) is 8.85. The second-order valence-electron chi connectivity index (χ2n) is 1.73. The van der Waals surface area contributed by atoms with Crippen LogP contribution in [-0.2, 0) is 4.79 Å². The van der Waals surface area contributed by atoms with Gasteiger partial charge in [-0.3, -0.25) is 4.79 Å². The average Bonchev–Trinajstić information content (AvgIpc) is 1.99. The molecule has 0 bridgehead atoms. The van der Waals surface area contributed by atoms with E-state index in [1.807, 2.05) is 5.32 Å². The van der Waals surface area contributed by atoms with Gasteiger partial charge < -0.3 is 5.32 Å². The quantitative estimate of drug-likeness (QED) is 0.609. The summed E-state index contributed by atoms with van der Waals surface area (Å²) in [6.45, 7) is 2.96. The largest absolute Gasteiger partial charge is 0.346 e. The van der Waals surface area contributed by atoms with Crippen molar-refractivity contribution in [3.8, 4) is 6.07 Å². The van der Waals surface area contributed by atoms with Gasteiger partial charge in [0.05, 0.1) is 12.6 Å². The van der Waals surface area contributed by atoms with Crippen LogP contribution in [0.3, 0.4) is 0 Å². The molecule has 60 valence electrons. The molecule has 0 heterocycles. The van der Waals surface area contributed by atoms with E-state index < -0.39 is 12.3 Å². The van der Waals surface area contributed by atoms with Crippen LogP contribution in [0.15, 0.2) is 12.2 Å². The molecule has 0 saturated heterocycles. The molecule has 11 heavy (non-hydrogen) atoms. The summed E-state index contributed by atoms with van der Waals surface area (Å²) in [5, 5.41) is 9.92. The van der Waals surface area contributed by atoms with Crippen LogP contribution in [0.4, 0.5) is 8.78 Å². The van der Waals surface area contributed by atoms with Crippen LogP contribution in [0.1, 0.15) is 0 Å². The van der Waals surface area contributed by atoms with Crippen LogP contribution in [0.25, 0.3) is 0 Å². The van der Waals surface area contributed by atoms with Gasteiger partial charge in [-0.05, 0) is 0 Å². The Balaban J connectivity index is 3.65. The van der Waals surface area contributed by atoms with Crippen molar-refractivity contribution in [3.05, 3.63) is 12.2 Å². The normalized spacial score (nSPS) is 8.91. The Labute approximate surface area is 62.3 Å². The summed E-state index contributed by atoms with van der Waals surface area (Å²) in [6.07, 6.45) is -3.04. The van der Waals surface area contributed by atoms with E-state index in [2.05, 4.69) is 6.58 Å². The van der Waals surface area contributed by atoms with E-state index in [0.717, 1.165) is 0 Å². The van der Waals surface area contributed by atoms with Crippen molar-refractivity contribution in [1.82, 2.24) is 5.32 Å². The first-order valence-electron chi connectivity index (χ1n) is 2.71. The highest BCUT2D eigenvalue weighted by atomic mass is 19.3. The van der Waals surface area contributed by atoms with Crippen molar-refractivity contribution in [3.63, 3.8) is 0 Å². The lowest BCUT2D eigenvalue weighted by molar-refractivity contribution is -0.131. The molecular formula is C6H6F2N2O. The van der Waals surface area contributed by atoms with Gasteiger partial charge in [0.15, 0.2) is 0 Å². The number of hydrogen-bond acceptors (Lipinski definition) is 2. The number of nitrogens with zero attached hydrogens (tertiary/aromatic N) is 1. The molecule has 0 radical (unpaired) electrons. The molecule has 1 N–H and O–H groups in total. The van der Waals surface area contributed by atoms with E-state index >= 15 is 0 Å². The van der Waals surface area contributed by atoms with Crippen molar-refractivity contribution >= 4 is 5.91 Å². The number of nitrogens with one attached hydrogen (secondary N) is 1. The highest BCUT2D eigenvalue weighted by Gasteiger charge is 2.13. The van der Waals surface area contributed by atoms with E-state index in [-0.39, 0.29) is 12.1 Å². The fourth-order valence-corrected chi connectivity index (χ4v) is 0.310. The third kappa shape index (κ3) is 4.03. The molecule has 0 aliphatic heterocycles. The molecule has 0 rings (SSSR count). The molecule has 0 spiro atoms. The molecule has 3 nitrogen and oxygen atoms in total. The van der Waals surface area contributed by atoms with Gasteiger partial charge in [-0.15, -0.1) is 0 Å². The van der Waals surface area contributed by atoms with E-state index in [4.69, 9.17) is 5.26 Å². The summed E-state index contributed by atoms with van der Waals surface area (Å²) < 4.78 is 22.9. The van der Waals surface area contributed by atoms with Gasteiger partial charge in [-0.25, -0.2) is 0 Å². The van der Waals surface area contributed by atoms with Crippen LogP contribution in [-0.4, -0.2) is 18.9 Å². The predicted octanol–water partition coefficient (Wildman–Crippen LogP) is 0.447. The topological polar surface area (TPSA) is 52.9 Å². The molecule has 0 aromatic carbocycles. The zero-order valence-electron chi connectivity index (χ0n) is 5.60. The maximum absolute atomic E-state index is 11.5. The molecule has 1 amide bonds. The highest BCUT2D eigenvalue weighted by Crippen LogP contribution is 1.91. The average molecular weight is 160 g/mol. The maximum Gasteiger partial charge on any atom is 0.315 e. The first kappa shape index (κ1) is 9.56. The fraction of sp³-hybridized carbons (Fsp3) is 0.333. The number of hydrogen-bond donors (Lipinski definition) is 1. The second kappa shape index (κ2) is 4.39. The zero-order valence-corrected chi connectivity index (χ0v) is 5.60. The van der Waals surface area contributed by atoms with Gasteiger partial charge >= 0.3 is 6.43 Å². The van der Waals surface area contributed by atoms with Crippen LogP contribution in [0.5, 0.6) is 0 Å². The van der Waals surface area contributed by atoms with Gasteiger partial charge in [0.1, 0.15) is 0 Å². The molecule has 0 aromatic rings. The molecule has 0 atom stereocenters. The van der Waals surface area contributed by atoms with Crippen molar-refractivity contribution in [2.24, 2.45) is 0 Å². The van der Waals surface area contributed by atoms with Gasteiger partial charge in [-0.2, -0.15) is 14.0 Å². The summed E-state index contributed by atoms with van der Waals surface area (Å²) >= 11 is 0. The van der Waals surface area contributed by atoms with Gasteiger partial charge in [0, 0.05) is 5.57 Å². The Bertz CT molecular complexity index is 207. The Hall–Kier alpha value is -1.44. The summed E-state index contributed by atoms with van der Waals surface area (Å²) in [4.78, 5) is 10.2. The third-order valence-corrected chi connectivity index (χ3v) is 0.832. The van der Waals surface area contributed by atoms with E-state index in [1.165, 1.54) is 0 Å². The summed E-state index contributed by atoms with van der Waals surface area (Å²) in [5.74, 6) is -1.39.